The van der Waals surface area contributed by atoms with E-state index in [0.29, 0.717) is 24.4 Å². The van der Waals surface area contributed by atoms with Crippen LogP contribution in [0.1, 0.15) is 99.6 Å². The lowest BCUT2D eigenvalue weighted by Gasteiger charge is -2.39. The molecule has 2 heterocycles. The maximum absolute atomic E-state index is 13.4. The van der Waals surface area contributed by atoms with E-state index in [0.717, 1.165) is 42.7 Å². The summed E-state index contributed by atoms with van der Waals surface area (Å²) < 4.78 is 0. The summed E-state index contributed by atoms with van der Waals surface area (Å²) in [5, 5.41) is 18.9. The van der Waals surface area contributed by atoms with Crippen LogP contribution in [0.15, 0.2) is 84.9 Å². The average molecular weight is 566 g/mol. The fraction of sp³-hybridized carbons (Fsp3) is 0.486. The van der Waals surface area contributed by atoms with Crippen LogP contribution in [-0.4, -0.2) is 34.7 Å². The second kappa shape index (κ2) is 12.6. The molecule has 0 unspecified atom stereocenters. The Hall–Kier alpha value is -3.15. The highest BCUT2D eigenvalue weighted by Crippen LogP contribution is 2.53. The Bertz CT molecular complexity index is 1250. The molecule has 3 aromatic rings. The quantitative estimate of drug-likeness (QED) is 0.239. The third kappa shape index (κ3) is 5.87. The summed E-state index contributed by atoms with van der Waals surface area (Å²) >= 11 is 0. The van der Waals surface area contributed by atoms with Gasteiger partial charge in [0.15, 0.2) is 0 Å². The van der Waals surface area contributed by atoms with Crippen molar-refractivity contribution in [1.29, 1.82) is 0 Å². The van der Waals surface area contributed by atoms with E-state index in [-0.39, 0.29) is 12.1 Å². The van der Waals surface area contributed by atoms with Crippen LogP contribution >= 0.6 is 0 Å². The lowest BCUT2D eigenvalue weighted by molar-refractivity contribution is 0.0327. The van der Waals surface area contributed by atoms with Crippen molar-refractivity contribution in [2.75, 3.05) is 6.54 Å². The number of nitrogens with one attached hydrogen (secondary N) is 2. The summed E-state index contributed by atoms with van der Waals surface area (Å²) in [6.45, 7) is 5.45. The molecule has 0 spiro atoms. The molecule has 5 heteroatoms. The zero-order valence-electron chi connectivity index (χ0n) is 25.2. The SMILES string of the molecule is CC(C)C[C@H](NC(=O)NC1CCC(CCN2[C@@H]3CC[C@H]2c2ccccc23)CC1)C(O)(c1ccccc1)c1ccccc1. The largest absolute Gasteiger partial charge is 0.378 e. The molecule has 2 amide bonds. The number of aliphatic hydroxyl groups is 1. The van der Waals surface area contributed by atoms with Crippen molar-refractivity contribution in [3.05, 3.63) is 107 Å². The minimum atomic E-state index is -1.34. The van der Waals surface area contributed by atoms with E-state index < -0.39 is 11.6 Å². The Kier molecular flexibility index (Phi) is 8.69. The summed E-state index contributed by atoms with van der Waals surface area (Å²) in [6.07, 6.45) is 8.86. The van der Waals surface area contributed by atoms with Gasteiger partial charge in [0.25, 0.3) is 0 Å². The van der Waals surface area contributed by atoms with Gasteiger partial charge >= 0.3 is 6.03 Å². The number of urea groups is 1. The lowest BCUT2D eigenvalue weighted by atomic mass is 9.77. The van der Waals surface area contributed by atoms with Gasteiger partial charge in [-0.3, -0.25) is 4.90 Å². The zero-order chi connectivity index (χ0) is 29.1. The van der Waals surface area contributed by atoms with Crippen LogP contribution in [0.4, 0.5) is 4.79 Å². The molecule has 2 aliphatic heterocycles. The first-order chi connectivity index (χ1) is 20.4. The predicted molar refractivity (Wildman–Crippen MR) is 169 cm³/mol. The topological polar surface area (TPSA) is 64.6 Å². The number of fused-ring (bicyclic) bond motifs is 5. The molecule has 222 valence electrons. The van der Waals surface area contributed by atoms with Gasteiger partial charge in [0.1, 0.15) is 5.60 Å². The molecule has 3 aliphatic rings. The Morgan fingerprint density at radius 3 is 1.86 bits per heavy atom. The summed E-state index contributed by atoms with van der Waals surface area (Å²) in [5.41, 5.74) is 3.37. The van der Waals surface area contributed by atoms with Gasteiger partial charge in [0, 0.05) is 18.1 Å². The molecule has 3 aromatic carbocycles. The van der Waals surface area contributed by atoms with Gasteiger partial charge in [0.2, 0.25) is 0 Å². The van der Waals surface area contributed by atoms with Crippen molar-refractivity contribution in [2.24, 2.45) is 11.8 Å². The molecule has 42 heavy (non-hydrogen) atoms. The van der Waals surface area contributed by atoms with Gasteiger partial charge in [-0.2, -0.15) is 0 Å². The molecule has 1 saturated carbocycles. The minimum absolute atomic E-state index is 0.176. The van der Waals surface area contributed by atoms with Crippen molar-refractivity contribution in [1.82, 2.24) is 15.5 Å². The Morgan fingerprint density at radius 1 is 0.810 bits per heavy atom. The van der Waals surface area contributed by atoms with Crippen LogP contribution in [0.5, 0.6) is 0 Å². The average Bonchev–Trinajstić information content (AvgIpc) is 3.57. The predicted octanol–water partition coefficient (Wildman–Crippen LogP) is 7.48. The first kappa shape index (κ1) is 28.9. The third-order valence-corrected chi connectivity index (χ3v) is 10.2. The van der Waals surface area contributed by atoms with E-state index in [1.165, 1.54) is 25.8 Å². The molecule has 3 atom stereocenters. The molecule has 2 bridgehead atoms. The van der Waals surface area contributed by atoms with Crippen molar-refractivity contribution in [2.45, 2.75) is 95.0 Å². The van der Waals surface area contributed by atoms with Crippen molar-refractivity contribution in [3.63, 3.8) is 0 Å². The molecule has 2 fully saturated rings. The van der Waals surface area contributed by atoms with Crippen LogP contribution in [0.2, 0.25) is 0 Å². The number of rotatable bonds is 10. The fourth-order valence-corrected chi connectivity index (χ4v) is 8.03. The van der Waals surface area contributed by atoms with E-state index in [1.807, 2.05) is 60.7 Å². The maximum Gasteiger partial charge on any atom is 0.315 e. The fourth-order valence-electron chi connectivity index (χ4n) is 8.03. The first-order valence-corrected chi connectivity index (χ1v) is 16.2. The van der Waals surface area contributed by atoms with Gasteiger partial charge in [-0.1, -0.05) is 98.8 Å². The van der Waals surface area contributed by atoms with Crippen LogP contribution < -0.4 is 10.6 Å². The number of amides is 2. The van der Waals surface area contributed by atoms with E-state index in [9.17, 15) is 9.90 Å². The van der Waals surface area contributed by atoms with Gasteiger partial charge in [-0.25, -0.2) is 4.79 Å². The molecular weight excluding hydrogens is 518 g/mol. The Balaban J connectivity index is 1.05. The number of nitrogens with zero attached hydrogens (tertiary/aromatic N) is 1. The van der Waals surface area contributed by atoms with Gasteiger partial charge < -0.3 is 15.7 Å². The van der Waals surface area contributed by atoms with Crippen LogP contribution in [0.25, 0.3) is 0 Å². The number of carbonyl (C=O) groups excluding carboxylic acids is 1. The second-order valence-electron chi connectivity index (χ2n) is 13.3. The Morgan fingerprint density at radius 2 is 1.33 bits per heavy atom. The van der Waals surface area contributed by atoms with Crippen molar-refractivity contribution in [3.8, 4) is 0 Å². The third-order valence-electron chi connectivity index (χ3n) is 10.2. The lowest BCUT2D eigenvalue weighted by Crippen LogP contribution is -2.56. The molecule has 3 N–H and O–H groups in total. The molecule has 1 aliphatic carbocycles. The van der Waals surface area contributed by atoms with Gasteiger partial charge in [-0.15, -0.1) is 0 Å². The summed E-state index contributed by atoms with van der Waals surface area (Å²) in [6, 6.07) is 29.3. The number of hydrogen-bond acceptors (Lipinski definition) is 3. The normalized spacial score (nSPS) is 24.4. The molecule has 1 saturated heterocycles. The van der Waals surface area contributed by atoms with E-state index in [4.69, 9.17) is 0 Å². The number of carbonyl (C=O) groups is 1. The van der Waals surface area contributed by atoms with E-state index in [1.54, 1.807) is 11.1 Å². The van der Waals surface area contributed by atoms with Gasteiger partial charge in [0.05, 0.1) is 6.04 Å². The standard InChI is InChI=1S/C37H47N3O2/c1-26(2)25-35(37(42,28-11-5-3-6-12-28)29-13-7-4-8-14-29)39-36(41)38-30-19-17-27(18-20-30)23-24-40-33-21-22-34(40)32-16-10-9-15-31(32)33/h3-16,26-27,30,33-35,42H,17-25H2,1-2H3,(H2,38,39,41)/t27?,30?,33-,34+,35-/m0/s1. The smallest absolute Gasteiger partial charge is 0.315 e. The van der Waals surface area contributed by atoms with Gasteiger partial charge in [-0.05, 0) is 92.0 Å². The molecule has 5 nitrogen and oxygen atoms in total. The summed E-state index contributed by atoms with van der Waals surface area (Å²) in [5.74, 6) is 1.02. The number of benzene rings is 3. The molecule has 6 rings (SSSR count). The second-order valence-corrected chi connectivity index (χ2v) is 13.3. The molecule has 0 radical (unpaired) electrons. The monoisotopic (exact) mass is 565 g/mol. The zero-order valence-corrected chi connectivity index (χ0v) is 25.2. The first-order valence-electron chi connectivity index (χ1n) is 16.2. The summed E-state index contributed by atoms with van der Waals surface area (Å²) in [7, 11) is 0. The highest BCUT2D eigenvalue weighted by atomic mass is 16.3. The van der Waals surface area contributed by atoms with Crippen molar-refractivity contribution < 1.29 is 9.90 Å². The summed E-state index contributed by atoms with van der Waals surface area (Å²) in [4.78, 5) is 16.2. The maximum atomic E-state index is 13.4. The molecular formula is C37H47N3O2. The van der Waals surface area contributed by atoms with E-state index in [2.05, 4.69) is 53.6 Å². The minimum Gasteiger partial charge on any atom is -0.378 e. The highest BCUT2D eigenvalue weighted by Gasteiger charge is 2.44. The van der Waals surface area contributed by atoms with Crippen molar-refractivity contribution >= 4 is 6.03 Å². The van der Waals surface area contributed by atoms with E-state index >= 15 is 0 Å². The Labute approximate surface area is 251 Å². The molecule has 0 aromatic heterocycles. The van der Waals surface area contributed by atoms with Crippen LogP contribution in [0, 0.1) is 11.8 Å². The highest BCUT2D eigenvalue weighted by molar-refractivity contribution is 5.75. The number of hydrogen-bond donors (Lipinski definition) is 3. The van der Waals surface area contributed by atoms with Crippen LogP contribution in [0.3, 0.4) is 0 Å². The van der Waals surface area contributed by atoms with Crippen LogP contribution in [-0.2, 0) is 5.60 Å².